The fourth-order valence-electron chi connectivity index (χ4n) is 8.89. The second-order valence-corrected chi connectivity index (χ2v) is 22.8. The fraction of sp³-hybridized carbons (Fsp3) is 0.241. The molecule has 8 heteroatoms. The van der Waals surface area contributed by atoms with Gasteiger partial charge in [-0.2, -0.15) is 0 Å². The number of allylic oxidation sites excluding steroid dienone is 7. The molecule has 0 radical (unpaired) electrons. The Labute approximate surface area is 385 Å². The molecule has 2 aliphatic heterocycles. The Morgan fingerprint density at radius 1 is 0.726 bits per heavy atom. The van der Waals surface area contributed by atoms with Crippen molar-refractivity contribution in [1.29, 1.82) is 0 Å². The van der Waals surface area contributed by atoms with E-state index in [0.29, 0.717) is 24.2 Å². The van der Waals surface area contributed by atoms with Crippen molar-refractivity contribution in [3.63, 3.8) is 0 Å². The summed E-state index contributed by atoms with van der Waals surface area (Å²) in [6.45, 7) is 13.8. The fourth-order valence-corrected chi connectivity index (χ4v) is 16.9. The molecule has 62 heavy (non-hydrogen) atoms. The summed E-state index contributed by atoms with van der Waals surface area (Å²) in [5.74, 6) is 7.75. The van der Waals surface area contributed by atoms with Gasteiger partial charge in [-0.15, -0.1) is 0 Å². The molecular weight excluding hydrogens is 994 g/mol. The van der Waals surface area contributed by atoms with E-state index in [1.54, 1.807) is 29.3 Å². The van der Waals surface area contributed by atoms with Crippen LogP contribution in [0.1, 0.15) is 80.3 Å². The summed E-state index contributed by atoms with van der Waals surface area (Å²) in [5, 5.41) is 4.84. The number of benzene rings is 3. The van der Waals surface area contributed by atoms with E-state index in [9.17, 15) is 9.59 Å². The van der Waals surface area contributed by atoms with E-state index in [1.165, 1.54) is 38.4 Å². The Morgan fingerprint density at radius 3 is 1.71 bits per heavy atom. The van der Waals surface area contributed by atoms with Gasteiger partial charge in [-0.25, -0.2) is 0 Å². The second kappa shape index (κ2) is 18.8. The molecule has 0 spiro atoms. The molecule has 4 nitrogen and oxygen atoms in total. The van der Waals surface area contributed by atoms with Gasteiger partial charge in [-0.05, 0) is 25.0 Å². The van der Waals surface area contributed by atoms with Crippen molar-refractivity contribution in [2.24, 2.45) is 11.8 Å². The van der Waals surface area contributed by atoms with Crippen LogP contribution in [0.2, 0.25) is 0 Å². The number of amides is 2. The first kappa shape index (κ1) is 43.7. The summed E-state index contributed by atoms with van der Waals surface area (Å²) in [6.07, 6.45) is 11.9. The molecule has 5 aromatic rings. The number of rotatable bonds is 10. The molecule has 4 heterocycles. The van der Waals surface area contributed by atoms with Crippen LogP contribution in [0.5, 0.6) is 0 Å². The number of carbonyl (C=O) groups excluding carboxylic acids is 2. The number of hydrogen-bond acceptors (Lipinski definition) is 4. The van der Waals surface area contributed by atoms with E-state index >= 15 is 0 Å². The third-order valence-electron chi connectivity index (χ3n) is 11.5. The van der Waals surface area contributed by atoms with Crippen LogP contribution in [0.25, 0.3) is 17.2 Å². The van der Waals surface area contributed by atoms with Crippen LogP contribution >= 0.6 is 29.9 Å². The molecule has 0 saturated heterocycles. The second-order valence-electron chi connectivity index (χ2n) is 16.7. The third kappa shape index (κ3) is 8.10. The summed E-state index contributed by atoms with van der Waals surface area (Å²) in [4.78, 5) is 36.6. The molecule has 3 aromatic carbocycles. The first-order valence-electron chi connectivity index (χ1n) is 21.4. The molecule has 0 unspecified atom stereocenters. The van der Waals surface area contributed by atoms with Gasteiger partial charge in [0.1, 0.15) is 0 Å². The normalized spacial score (nSPS) is 18.0. The number of nitrogens with zero attached hydrogens (tertiary/aromatic N) is 2. The van der Waals surface area contributed by atoms with E-state index in [2.05, 4.69) is 172 Å². The van der Waals surface area contributed by atoms with Crippen LogP contribution in [0.4, 0.5) is 11.4 Å². The van der Waals surface area contributed by atoms with Crippen molar-refractivity contribution in [2.45, 2.75) is 60.8 Å². The maximum absolute atomic E-state index is 14.7. The minimum absolute atomic E-state index is 0.0931. The molecule has 1 aliphatic carbocycles. The average Bonchev–Trinajstić information content (AvgIpc) is 4.10. The molecule has 313 valence electrons. The summed E-state index contributed by atoms with van der Waals surface area (Å²) < 4.78 is 3.83. The third-order valence-corrected chi connectivity index (χ3v) is 19.0. The zero-order valence-corrected chi connectivity index (χ0v) is 41.2. The van der Waals surface area contributed by atoms with Gasteiger partial charge in [0, 0.05) is 11.4 Å². The minimum atomic E-state index is -2.53. The number of carbonyl (C=O) groups is 2. The van der Waals surface area contributed by atoms with Crippen molar-refractivity contribution < 1.29 is 27.5 Å². The Hall–Kier alpha value is -4.89. The van der Waals surface area contributed by atoms with Gasteiger partial charge < -0.3 is 0 Å². The van der Waals surface area contributed by atoms with Gasteiger partial charge in [0.15, 0.2) is 0 Å². The first-order chi connectivity index (χ1) is 30.1. The monoisotopic (exact) mass is 1050 g/mol. The predicted octanol–water partition coefficient (Wildman–Crippen LogP) is 11.9. The zero-order chi connectivity index (χ0) is 43.5. The standard InChI is InChI=1S/C54H51N2O2PS2.Os/c1-8-20-45-32-47-51(60-45)49(53(57)55(47)34-36(3)4)50-52-48(56(54(50)58)35-37(5)6)33-46(61-52)30-29-40(31-41-22-19-21-39(41)9-2)38(7)59(42-23-13-10-14-24-42,43-25-15-11-16-26-43)44-27-17-12-18-28-44;/h8-18,20,23-28,31-33,36-37H,19,21-22,34-35H2,1-6H3;/q+1;/b20-8+,39-9?,40-38?,41-31?,50-49+;. The van der Waals surface area contributed by atoms with Crippen molar-refractivity contribution in [3.8, 4) is 16.2 Å². The van der Waals surface area contributed by atoms with E-state index in [0.717, 1.165) is 61.0 Å². The topological polar surface area (TPSA) is 40.6 Å². The predicted molar refractivity (Wildman–Crippen MR) is 263 cm³/mol. The van der Waals surface area contributed by atoms with Crippen molar-refractivity contribution in [3.05, 3.63) is 163 Å². The van der Waals surface area contributed by atoms with Crippen LogP contribution in [-0.4, -0.2) is 24.9 Å². The Morgan fingerprint density at radius 2 is 1.23 bits per heavy atom. The average molecular weight is 1050 g/mol. The van der Waals surface area contributed by atoms with Crippen LogP contribution in [-0.2, 0) is 27.5 Å². The van der Waals surface area contributed by atoms with Gasteiger partial charge in [-0.3, -0.25) is 0 Å². The molecule has 0 N–H and O–H groups in total. The maximum atomic E-state index is 14.7. The Kier molecular flexibility index (Phi) is 13.3. The van der Waals surface area contributed by atoms with Crippen LogP contribution < -0.4 is 25.7 Å². The number of hydrogen-bond donors (Lipinski definition) is 0. The van der Waals surface area contributed by atoms with Gasteiger partial charge in [0.25, 0.3) is 0 Å². The molecule has 1 saturated carbocycles. The van der Waals surface area contributed by atoms with Crippen molar-refractivity contribution >= 4 is 86.3 Å². The first-order valence-corrected chi connectivity index (χ1v) is 26.1. The van der Waals surface area contributed by atoms with Crippen LogP contribution in [0.15, 0.2) is 143 Å². The van der Waals surface area contributed by atoms with E-state index in [1.807, 2.05) is 22.8 Å². The van der Waals surface area contributed by atoms with Crippen molar-refractivity contribution in [1.82, 2.24) is 0 Å². The number of fused-ring (bicyclic) bond motifs is 2. The summed E-state index contributed by atoms with van der Waals surface area (Å²) >= 11 is 4.89. The molecule has 3 aliphatic rings. The zero-order valence-electron chi connectivity index (χ0n) is 36.1. The molecule has 0 atom stereocenters. The SMILES string of the molecule is CC=C1CCCC1=CC(C#Cc1cc2c(s1)/C(=C1\C(=O)N(CC(C)C)c3cc(/C=C/C)sc31)C(=O)N2CC(C)C)=C([C]#[Os])[P+](c1ccccc1)(c1ccccc1)c1ccccc1. The molecule has 1 fully saturated rings. The summed E-state index contributed by atoms with van der Waals surface area (Å²) in [7, 11) is -2.53. The van der Waals surface area contributed by atoms with Gasteiger partial charge in [-0.1, -0.05) is 19.9 Å². The summed E-state index contributed by atoms with van der Waals surface area (Å²) in [5.41, 5.74) is 6.42. The molecule has 8 rings (SSSR count). The number of thiophene rings is 2. The molecular formula is C54H51N2O2OsPS2+. The van der Waals surface area contributed by atoms with Crippen LogP contribution in [0.3, 0.4) is 0 Å². The Balaban J connectivity index is 1.38. The van der Waals surface area contributed by atoms with Gasteiger partial charge in [0.05, 0.1) is 0 Å². The van der Waals surface area contributed by atoms with Crippen LogP contribution in [0, 0.1) is 28.0 Å². The van der Waals surface area contributed by atoms with E-state index in [4.69, 9.17) is 0 Å². The van der Waals surface area contributed by atoms with Gasteiger partial charge >= 0.3 is 332 Å². The molecule has 0 bridgehead atoms. The number of anilines is 2. The van der Waals surface area contributed by atoms with Gasteiger partial charge in [0.2, 0.25) is 0 Å². The molecule has 2 amide bonds. The molecule has 2 aromatic heterocycles. The van der Waals surface area contributed by atoms with Crippen molar-refractivity contribution in [2.75, 3.05) is 22.9 Å². The van der Waals surface area contributed by atoms with E-state index < -0.39 is 7.26 Å². The van der Waals surface area contributed by atoms with E-state index in [-0.39, 0.29) is 23.7 Å². The Bertz CT molecular complexity index is 2710. The quantitative estimate of drug-likeness (QED) is 0.0794. The summed E-state index contributed by atoms with van der Waals surface area (Å²) in [6, 6.07) is 36.9.